The minimum Gasteiger partial charge on any atom is -0.507 e. The average molecular weight is 571 g/mol. The van der Waals surface area contributed by atoms with Crippen LogP contribution in [0.1, 0.15) is 54.1 Å². The molecular weight excluding hydrogens is 536 g/mol. The first-order valence-electron chi connectivity index (χ1n) is 13.4. The SMILES string of the molecule is CCCCOC(=O)/C=C/c1ccc(O)c2c1C(C)C1C(C2=O)C(=O)C2(O)C(=O)C(C(N)=O)C(=O)C(N(C)C)C2C1O. The van der Waals surface area contributed by atoms with Gasteiger partial charge in [-0.15, -0.1) is 0 Å². The number of unbranched alkanes of at least 4 members (excludes halogenated alkanes) is 1. The van der Waals surface area contributed by atoms with Crippen molar-refractivity contribution in [2.24, 2.45) is 29.4 Å². The molecule has 0 radical (unpaired) electrons. The van der Waals surface area contributed by atoms with Crippen molar-refractivity contribution in [2.45, 2.75) is 50.4 Å². The minimum atomic E-state index is -3.06. The molecule has 41 heavy (non-hydrogen) atoms. The van der Waals surface area contributed by atoms with Crippen LogP contribution in [0, 0.1) is 23.7 Å². The predicted octanol–water partition coefficient (Wildman–Crippen LogP) is -0.245. The summed E-state index contributed by atoms with van der Waals surface area (Å²) in [4.78, 5) is 80.1. The number of fused-ring (bicyclic) bond motifs is 3. The van der Waals surface area contributed by atoms with Crippen molar-refractivity contribution in [1.29, 1.82) is 0 Å². The lowest BCUT2D eigenvalue weighted by molar-refractivity contribution is -0.196. The number of phenols is 1. The van der Waals surface area contributed by atoms with E-state index >= 15 is 0 Å². The summed E-state index contributed by atoms with van der Waals surface area (Å²) in [6.07, 6.45) is 2.33. The van der Waals surface area contributed by atoms with Gasteiger partial charge in [0, 0.05) is 12.0 Å². The molecule has 0 spiro atoms. The molecule has 12 heteroatoms. The number of esters is 1. The van der Waals surface area contributed by atoms with E-state index < -0.39 is 88.1 Å². The third-order valence-electron chi connectivity index (χ3n) is 8.64. The van der Waals surface area contributed by atoms with Gasteiger partial charge < -0.3 is 25.8 Å². The number of carbonyl (C=O) groups is 6. The summed E-state index contributed by atoms with van der Waals surface area (Å²) in [7, 11) is 2.84. The Kier molecular flexibility index (Phi) is 8.05. The van der Waals surface area contributed by atoms with Crippen molar-refractivity contribution in [1.82, 2.24) is 4.90 Å². The van der Waals surface area contributed by atoms with Crippen molar-refractivity contribution < 1.29 is 48.8 Å². The third kappa shape index (κ3) is 4.50. The Morgan fingerprint density at radius 3 is 2.39 bits per heavy atom. The number of carbonyl (C=O) groups excluding carboxylic acids is 6. The van der Waals surface area contributed by atoms with Gasteiger partial charge in [0.25, 0.3) is 0 Å². The molecule has 3 aliphatic carbocycles. The number of aromatic hydroxyl groups is 1. The number of ketones is 4. The van der Waals surface area contributed by atoms with Crippen molar-refractivity contribution in [3.63, 3.8) is 0 Å². The molecule has 8 atom stereocenters. The first-order chi connectivity index (χ1) is 19.2. The topological polar surface area (TPSA) is 202 Å². The summed E-state index contributed by atoms with van der Waals surface area (Å²) < 4.78 is 5.13. The zero-order chi connectivity index (χ0) is 30.5. The van der Waals surface area contributed by atoms with Gasteiger partial charge in [-0.25, -0.2) is 4.79 Å². The number of rotatable bonds is 7. The number of aliphatic hydroxyl groups is 2. The van der Waals surface area contributed by atoms with Crippen molar-refractivity contribution in [3.8, 4) is 5.75 Å². The molecule has 8 unspecified atom stereocenters. The van der Waals surface area contributed by atoms with Gasteiger partial charge in [-0.2, -0.15) is 0 Å². The van der Waals surface area contributed by atoms with Crippen molar-refractivity contribution in [3.05, 3.63) is 34.9 Å². The number of Topliss-reactive ketones (excluding diaryl/α,β-unsaturated/α-hetero) is 4. The minimum absolute atomic E-state index is 0.228. The van der Waals surface area contributed by atoms with Gasteiger partial charge in [0.2, 0.25) is 5.91 Å². The number of nitrogens with zero attached hydrogens (tertiary/aromatic N) is 1. The van der Waals surface area contributed by atoms with Crippen molar-refractivity contribution in [2.75, 3.05) is 20.7 Å². The fraction of sp³-hybridized carbons (Fsp3) is 0.517. The van der Waals surface area contributed by atoms with Crippen LogP contribution in [0.3, 0.4) is 0 Å². The molecule has 220 valence electrons. The van der Waals surface area contributed by atoms with Crippen molar-refractivity contribution >= 4 is 41.1 Å². The molecule has 2 fully saturated rings. The maximum atomic E-state index is 14.0. The van der Waals surface area contributed by atoms with Crippen LogP contribution in [-0.2, 0) is 28.7 Å². The van der Waals surface area contributed by atoms with Crippen LogP contribution in [0.4, 0.5) is 0 Å². The number of nitrogens with two attached hydrogens (primary N) is 1. The molecule has 1 amide bonds. The number of hydrogen-bond acceptors (Lipinski definition) is 11. The standard InChI is InChI=1S/C29H34N2O10/c1-5-6-11-41-15(33)10-8-13-7-9-14(32)18-16(13)12(2)17-19(23(18)34)26(37)29(40)21(24(17)35)22(31(3)4)25(36)20(27(29)38)28(30)39/h7-10,12,17,19-22,24,32,35,40H,5-6,11H2,1-4H3,(H2,30,39)/b10-8+. The Balaban J connectivity index is 1.86. The molecule has 0 saturated heterocycles. The van der Waals surface area contributed by atoms with Gasteiger partial charge in [-0.1, -0.05) is 26.3 Å². The summed E-state index contributed by atoms with van der Waals surface area (Å²) in [5.41, 5.74) is 2.59. The molecule has 5 N–H and O–H groups in total. The molecule has 0 aromatic heterocycles. The number of phenolic OH excluding ortho intramolecular Hbond substituents is 1. The number of amides is 1. The van der Waals surface area contributed by atoms with Crippen LogP contribution in [-0.4, -0.2) is 93.7 Å². The largest absolute Gasteiger partial charge is 0.507 e. The summed E-state index contributed by atoms with van der Waals surface area (Å²) >= 11 is 0. The van der Waals surface area contributed by atoms with Crippen LogP contribution >= 0.6 is 0 Å². The highest BCUT2D eigenvalue weighted by Gasteiger charge is 2.73. The Bertz CT molecular complexity index is 1370. The van der Waals surface area contributed by atoms with Gasteiger partial charge in [-0.3, -0.25) is 28.9 Å². The fourth-order valence-electron chi connectivity index (χ4n) is 6.77. The Labute approximate surface area is 236 Å². The van der Waals surface area contributed by atoms with Gasteiger partial charge in [0.1, 0.15) is 5.75 Å². The number of likely N-dealkylation sites (N-methyl/N-ethyl adjacent to an activating group) is 1. The lowest BCUT2D eigenvalue weighted by Gasteiger charge is -2.56. The Morgan fingerprint density at radius 2 is 1.80 bits per heavy atom. The second kappa shape index (κ2) is 10.9. The molecule has 0 bridgehead atoms. The molecule has 2 saturated carbocycles. The highest BCUT2D eigenvalue weighted by molar-refractivity contribution is 6.32. The molecule has 1 aromatic carbocycles. The second-order valence-electron chi connectivity index (χ2n) is 11.2. The lowest BCUT2D eigenvalue weighted by Crippen LogP contribution is -2.77. The van der Waals surface area contributed by atoms with E-state index in [-0.39, 0.29) is 17.7 Å². The van der Waals surface area contributed by atoms with Crippen LogP contribution in [0.15, 0.2) is 18.2 Å². The Hall–Kier alpha value is -3.74. The number of benzene rings is 1. The highest BCUT2D eigenvalue weighted by atomic mass is 16.5. The Morgan fingerprint density at radius 1 is 1.15 bits per heavy atom. The van der Waals surface area contributed by atoms with Crippen LogP contribution < -0.4 is 5.73 Å². The van der Waals surface area contributed by atoms with E-state index in [2.05, 4.69) is 0 Å². The average Bonchev–Trinajstić information content (AvgIpc) is 2.89. The van der Waals surface area contributed by atoms with Crippen LogP contribution in [0.5, 0.6) is 5.75 Å². The number of primary amides is 1. The zero-order valence-corrected chi connectivity index (χ0v) is 23.2. The van der Waals surface area contributed by atoms with Gasteiger partial charge in [-0.05, 0) is 49.7 Å². The molecule has 12 nitrogen and oxygen atoms in total. The van der Waals surface area contributed by atoms with E-state index in [1.807, 2.05) is 6.92 Å². The normalized spacial score (nSPS) is 33.0. The monoisotopic (exact) mass is 570 g/mol. The molecule has 1 aromatic rings. The maximum Gasteiger partial charge on any atom is 0.330 e. The number of hydrogen-bond donors (Lipinski definition) is 4. The quantitative estimate of drug-likeness (QED) is 0.146. The molecule has 3 aliphatic rings. The fourth-order valence-corrected chi connectivity index (χ4v) is 6.77. The van der Waals surface area contributed by atoms with E-state index in [4.69, 9.17) is 10.5 Å². The first kappa shape index (κ1) is 30.2. The van der Waals surface area contributed by atoms with E-state index in [0.29, 0.717) is 12.0 Å². The molecule has 0 aliphatic heterocycles. The van der Waals surface area contributed by atoms with E-state index in [0.717, 1.165) is 12.5 Å². The maximum absolute atomic E-state index is 14.0. The molecular formula is C29H34N2O10. The third-order valence-corrected chi connectivity index (χ3v) is 8.64. The van der Waals surface area contributed by atoms with Gasteiger partial charge >= 0.3 is 5.97 Å². The lowest BCUT2D eigenvalue weighted by atomic mass is 9.49. The number of aliphatic hydroxyl groups excluding tert-OH is 1. The second-order valence-corrected chi connectivity index (χ2v) is 11.2. The molecule has 4 rings (SSSR count). The summed E-state index contributed by atoms with van der Waals surface area (Å²) in [5, 5.41) is 34.1. The van der Waals surface area contributed by atoms with Crippen LogP contribution in [0.2, 0.25) is 0 Å². The zero-order valence-electron chi connectivity index (χ0n) is 23.2. The van der Waals surface area contributed by atoms with Gasteiger partial charge in [0.05, 0.1) is 36.2 Å². The molecule has 0 heterocycles. The van der Waals surface area contributed by atoms with E-state index in [1.54, 1.807) is 6.92 Å². The first-order valence-corrected chi connectivity index (χ1v) is 13.4. The summed E-state index contributed by atoms with van der Waals surface area (Å²) in [6, 6.07) is 1.22. The van der Waals surface area contributed by atoms with Gasteiger partial charge in [0.15, 0.2) is 34.7 Å². The summed E-state index contributed by atoms with van der Waals surface area (Å²) in [5.74, 6) is -14.8. The number of ether oxygens (including phenoxy) is 1. The predicted molar refractivity (Wildman–Crippen MR) is 142 cm³/mol. The van der Waals surface area contributed by atoms with Crippen LogP contribution in [0.25, 0.3) is 6.08 Å². The van der Waals surface area contributed by atoms with E-state index in [9.17, 15) is 44.1 Å². The van der Waals surface area contributed by atoms with E-state index in [1.165, 1.54) is 37.2 Å². The smallest absolute Gasteiger partial charge is 0.330 e. The highest BCUT2D eigenvalue weighted by Crippen LogP contribution is 2.55. The summed E-state index contributed by atoms with van der Waals surface area (Å²) in [6.45, 7) is 3.77.